The number of rotatable bonds is 2. The van der Waals surface area contributed by atoms with Crippen molar-refractivity contribution in [3.8, 4) is 0 Å². The van der Waals surface area contributed by atoms with E-state index in [1.54, 1.807) is 0 Å². The fraction of sp³-hybridized carbons (Fsp3) is 0.462. The first kappa shape index (κ1) is 9.85. The predicted octanol–water partition coefficient (Wildman–Crippen LogP) is 2.10. The molecule has 1 fully saturated rings. The molecule has 3 nitrogen and oxygen atoms in total. The summed E-state index contributed by atoms with van der Waals surface area (Å²) in [5.41, 5.74) is 3.57. The van der Waals surface area contributed by atoms with Gasteiger partial charge in [-0.1, -0.05) is 0 Å². The third kappa shape index (κ3) is 1.95. The van der Waals surface area contributed by atoms with Crippen molar-refractivity contribution in [2.75, 3.05) is 13.1 Å². The summed E-state index contributed by atoms with van der Waals surface area (Å²) in [6.07, 6.45) is 7.77. The van der Waals surface area contributed by atoms with Gasteiger partial charge in [0.05, 0.1) is 11.0 Å². The molecule has 84 valence electrons. The first-order valence-electron chi connectivity index (χ1n) is 6.04. The molecule has 0 amide bonds. The molecule has 1 unspecified atom stereocenters. The second-order valence-electron chi connectivity index (χ2n) is 4.67. The maximum atomic E-state index is 4.45. The van der Waals surface area contributed by atoms with E-state index in [2.05, 4.69) is 21.4 Å². The summed E-state index contributed by atoms with van der Waals surface area (Å²) in [6, 6.07) is 4.25. The summed E-state index contributed by atoms with van der Waals surface area (Å²) in [7, 11) is 0. The van der Waals surface area contributed by atoms with Gasteiger partial charge in [0.2, 0.25) is 0 Å². The molecule has 0 saturated carbocycles. The standard InChI is InChI=1S/C13H17N3/c1-2-10(8-14-4-1)6-11-7-13-12(16-9-11)3-5-15-13/h3,5,7,9-10,14-15H,1-2,4,6,8H2. The molecule has 1 aliphatic heterocycles. The molecule has 3 rings (SSSR count). The van der Waals surface area contributed by atoms with Crippen LogP contribution in [0.3, 0.4) is 0 Å². The van der Waals surface area contributed by atoms with Crippen LogP contribution in [0.1, 0.15) is 18.4 Å². The molecule has 0 spiro atoms. The highest BCUT2D eigenvalue weighted by atomic mass is 14.9. The van der Waals surface area contributed by atoms with E-state index >= 15 is 0 Å². The molecule has 0 bridgehead atoms. The quantitative estimate of drug-likeness (QED) is 0.805. The van der Waals surface area contributed by atoms with Crippen LogP contribution >= 0.6 is 0 Å². The molecule has 2 aromatic heterocycles. The minimum absolute atomic E-state index is 0.781. The van der Waals surface area contributed by atoms with Gasteiger partial charge in [-0.2, -0.15) is 0 Å². The Balaban J connectivity index is 1.77. The van der Waals surface area contributed by atoms with Gasteiger partial charge >= 0.3 is 0 Å². The lowest BCUT2D eigenvalue weighted by Gasteiger charge is -2.22. The topological polar surface area (TPSA) is 40.7 Å². The van der Waals surface area contributed by atoms with E-state index in [1.807, 2.05) is 18.5 Å². The Morgan fingerprint density at radius 3 is 3.31 bits per heavy atom. The van der Waals surface area contributed by atoms with Gasteiger partial charge in [0.25, 0.3) is 0 Å². The lowest BCUT2D eigenvalue weighted by Crippen LogP contribution is -2.30. The van der Waals surface area contributed by atoms with Gasteiger partial charge in [0.1, 0.15) is 0 Å². The van der Waals surface area contributed by atoms with E-state index in [-0.39, 0.29) is 0 Å². The first-order valence-corrected chi connectivity index (χ1v) is 6.04. The Hall–Kier alpha value is -1.35. The van der Waals surface area contributed by atoms with Gasteiger partial charge in [0.15, 0.2) is 0 Å². The molecule has 16 heavy (non-hydrogen) atoms. The van der Waals surface area contributed by atoms with Crippen molar-refractivity contribution in [1.82, 2.24) is 15.3 Å². The number of nitrogens with zero attached hydrogens (tertiary/aromatic N) is 1. The lowest BCUT2D eigenvalue weighted by molar-refractivity contribution is 0.376. The largest absolute Gasteiger partial charge is 0.360 e. The third-order valence-corrected chi connectivity index (χ3v) is 3.38. The molecule has 3 heterocycles. The number of fused-ring (bicyclic) bond motifs is 1. The molecular weight excluding hydrogens is 198 g/mol. The van der Waals surface area contributed by atoms with Crippen LogP contribution in [-0.2, 0) is 6.42 Å². The Morgan fingerprint density at radius 1 is 1.44 bits per heavy atom. The summed E-state index contributed by atoms with van der Waals surface area (Å²) in [4.78, 5) is 7.67. The summed E-state index contributed by atoms with van der Waals surface area (Å²) < 4.78 is 0. The smallest absolute Gasteiger partial charge is 0.0878 e. The van der Waals surface area contributed by atoms with E-state index in [9.17, 15) is 0 Å². The van der Waals surface area contributed by atoms with E-state index in [0.29, 0.717) is 0 Å². The van der Waals surface area contributed by atoms with Crippen LogP contribution < -0.4 is 5.32 Å². The number of H-pyrrole nitrogens is 1. The van der Waals surface area contributed by atoms with Crippen molar-refractivity contribution in [1.29, 1.82) is 0 Å². The molecule has 2 aromatic rings. The van der Waals surface area contributed by atoms with Crippen LogP contribution in [0.4, 0.5) is 0 Å². The molecule has 1 saturated heterocycles. The van der Waals surface area contributed by atoms with Crippen molar-refractivity contribution in [2.24, 2.45) is 5.92 Å². The Kier molecular flexibility index (Phi) is 2.62. The molecule has 0 aliphatic carbocycles. The van der Waals surface area contributed by atoms with Gasteiger partial charge in [-0.25, -0.2) is 0 Å². The molecule has 1 atom stereocenters. The Morgan fingerprint density at radius 2 is 2.44 bits per heavy atom. The van der Waals surface area contributed by atoms with Gasteiger partial charge in [-0.05, 0) is 56.0 Å². The Bertz CT molecular complexity index is 469. The molecular formula is C13H17N3. The third-order valence-electron chi connectivity index (χ3n) is 3.38. The zero-order chi connectivity index (χ0) is 10.8. The van der Waals surface area contributed by atoms with Crippen LogP contribution in [0.15, 0.2) is 24.5 Å². The maximum Gasteiger partial charge on any atom is 0.0878 e. The highest BCUT2D eigenvalue weighted by Crippen LogP contribution is 2.18. The van der Waals surface area contributed by atoms with E-state index < -0.39 is 0 Å². The summed E-state index contributed by atoms with van der Waals surface area (Å²) in [6.45, 7) is 2.34. The van der Waals surface area contributed by atoms with Crippen molar-refractivity contribution in [2.45, 2.75) is 19.3 Å². The van der Waals surface area contributed by atoms with E-state index in [0.717, 1.165) is 29.9 Å². The minimum Gasteiger partial charge on any atom is -0.360 e. The SMILES string of the molecule is c1cc2ncc(CC3CCCNC3)cc2[nH]1. The van der Waals surface area contributed by atoms with E-state index in [4.69, 9.17) is 0 Å². The number of nitrogens with one attached hydrogen (secondary N) is 2. The monoisotopic (exact) mass is 215 g/mol. The van der Waals surface area contributed by atoms with Crippen molar-refractivity contribution in [3.63, 3.8) is 0 Å². The normalized spacial score (nSPS) is 21.4. The zero-order valence-electron chi connectivity index (χ0n) is 9.37. The highest BCUT2D eigenvalue weighted by Gasteiger charge is 2.13. The molecule has 1 aliphatic rings. The molecule has 2 N–H and O–H groups in total. The summed E-state index contributed by atoms with van der Waals surface area (Å²) >= 11 is 0. The highest BCUT2D eigenvalue weighted by molar-refractivity contribution is 5.74. The van der Waals surface area contributed by atoms with E-state index in [1.165, 1.54) is 24.9 Å². The van der Waals surface area contributed by atoms with Crippen LogP contribution in [0, 0.1) is 5.92 Å². The number of hydrogen-bond donors (Lipinski definition) is 2. The number of aromatic amines is 1. The predicted molar refractivity (Wildman–Crippen MR) is 65.4 cm³/mol. The van der Waals surface area contributed by atoms with Crippen LogP contribution in [0.25, 0.3) is 11.0 Å². The number of aromatic nitrogens is 2. The molecule has 0 radical (unpaired) electrons. The van der Waals surface area contributed by atoms with Gasteiger partial charge in [0, 0.05) is 12.4 Å². The van der Waals surface area contributed by atoms with Crippen LogP contribution in [-0.4, -0.2) is 23.1 Å². The first-order chi connectivity index (χ1) is 7.92. The van der Waals surface area contributed by atoms with Crippen molar-refractivity contribution < 1.29 is 0 Å². The summed E-state index contributed by atoms with van der Waals surface area (Å²) in [5.74, 6) is 0.781. The molecule has 3 heteroatoms. The average molecular weight is 215 g/mol. The lowest BCUT2D eigenvalue weighted by atomic mass is 9.93. The van der Waals surface area contributed by atoms with Gasteiger partial charge in [-0.3, -0.25) is 4.98 Å². The minimum atomic E-state index is 0.781. The van der Waals surface area contributed by atoms with Gasteiger partial charge in [-0.15, -0.1) is 0 Å². The van der Waals surface area contributed by atoms with Crippen LogP contribution in [0.5, 0.6) is 0 Å². The average Bonchev–Trinajstić information content (AvgIpc) is 2.77. The fourth-order valence-corrected chi connectivity index (χ4v) is 2.52. The second-order valence-corrected chi connectivity index (χ2v) is 4.67. The number of hydrogen-bond acceptors (Lipinski definition) is 2. The Labute approximate surface area is 95.3 Å². The van der Waals surface area contributed by atoms with Crippen molar-refractivity contribution >= 4 is 11.0 Å². The van der Waals surface area contributed by atoms with Gasteiger partial charge < -0.3 is 10.3 Å². The number of pyridine rings is 1. The van der Waals surface area contributed by atoms with Crippen molar-refractivity contribution in [3.05, 3.63) is 30.1 Å². The maximum absolute atomic E-state index is 4.45. The number of piperidine rings is 1. The second kappa shape index (κ2) is 4.26. The van der Waals surface area contributed by atoms with Crippen LogP contribution in [0.2, 0.25) is 0 Å². The fourth-order valence-electron chi connectivity index (χ4n) is 2.52. The zero-order valence-corrected chi connectivity index (χ0v) is 9.37. The summed E-state index contributed by atoms with van der Waals surface area (Å²) in [5, 5.41) is 3.46. The molecule has 0 aromatic carbocycles.